The lowest BCUT2D eigenvalue weighted by Gasteiger charge is -2.29. The molecular formula is C15H19NO3. The van der Waals surface area contributed by atoms with E-state index < -0.39 is 5.97 Å². The fourth-order valence-electron chi connectivity index (χ4n) is 2.24. The molecule has 102 valence electrons. The van der Waals surface area contributed by atoms with Crippen molar-refractivity contribution in [2.75, 3.05) is 13.1 Å². The van der Waals surface area contributed by atoms with Crippen LogP contribution >= 0.6 is 0 Å². The standard InChI is InChI=1S/C15H19NO3/c17-14-7-9-16(10-8-14)11-13-3-1-12(2-4-13)5-6-15(18)19/h1-6,14,17H,7-11H2,(H,18,19)/b6-5+. The van der Waals surface area contributed by atoms with Crippen LogP contribution in [0.3, 0.4) is 0 Å². The van der Waals surface area contributed by atoms with Crippen molar-refractivity contribution in [2.24, 2.45) is 0 Å². The molecule has 2 N–H and O–H groups in total. The highest BCUT2D eigenvalue weighted by atomic mass is 16.4. The van der Waals surface area contributed by atoms with Gasteiger partial charge in [-0.2, -0.15) is 0 Å². The number of carbonyl (C=O) groups is 1. The van der Waals surface area contributed by atoms with Crippen molar-refractivity contribution in [3.8, 4) is 0 Å². The molecule has 0 spiro atoms. The zero-order valence-corrected chi connectivity index (χ0v) is 10.8. The number of carboxylic acids is 1. The van der Waals surface area contributed by atoms with Crippen molar-refractivity contribution in [3.05, 3.63) is 41.5 Å². The Kier molecular flexibility index (Phi) is 4.71. The maximum absolute atomic E-state index is 10.4. The van der Waals surface area contributed by atoms with Crippen molar-refractivity contribution in [1.82, 2.24) is 4.90 Å². The van der Waals surface area contributed by atoms with Gasteiger partial charge >= 0.3 is 5.97 Å². The van der Waals surface area contributed by atoms with Gasteiger partial charge in [-0.25, -0.2) is 4.79 Å². The van der Waals surface area contributed by atoms with Gasteiger partial charge in [0, 0.05) is 25.7 Å². The SMILES string of the molecule is O=C(O)/C=C/c1ccc(CN2CCC(O)CC2)cc1. The molecule has 1 aromatic carbocycles. The van der Waals surface area contributed by atoms with Gasteiger partial charge in [-0.1, -0.05) is 24.3 Å². The first-order chi connectivity index (χ1) is 9.13. The van der Waals surface area contributed by atoms with Gasteiger partial charge in [-0.05, 0) is 30.0 Å². The van der Waals surface area contributed by atoms with Crippen LogP contribution in [0.1, 0.15) is 24.0 Å². The highest BCUT2D eigenvalue weighted by molar-refractivity contribution is 5.85. The summed E-state index contributed by atoms with van der Waals surface area (Å²) in [6.45, 7) is 2.75. The third-order valence-corrected chi connectivity index (χ3v) is 3.36. The number of aliphatic hydroxyl groups excluding tert-OH is 1. The van der Waals surface area contributed by atoms with Crippen LogP contribution in [0.2, 0.25) is 0 Å². The van der Waals surface area contributed by atoms with Gasteiger partial charge in [0.2, 0.25) is 0 Å². The molecule has 2 rings (SSSR count). The number of aliphatic hydroxyl groups is 1. The lowest BCUT2D eigenvalue weighted by atomic mass is 10.1. The molecule has 4 nitrogen and oxygen atoms in total. The Morgan fingerprint density at radius 2 is 1.89 bits per heavy atom. The normalized spacial score (nSPS) is 17.9. The summed E-state index contributed by atoms with van der Waals surface area (Å²) in [6.07, 6.45) is 4.28. The molecule has 0 bridgehead atoms. The fourth-order valence-corrected chi connectivity index (χ4v) is 2.24. The van der Waals surface area contributed by atoms with Crippen molar-refractivity contribution in [1.29, 1.82) is 0 Å². The monoisotopic (exact) mass is 261 g/mol. The third-order valence-electron chi connectivity index (χ3n) is 3.36. The second-order valence-corrected chi connectivity index (χ2v) is 4.92. The van der Waals surface area contributed by atoms with Gasteiger partial charge in [0.1, 0.15) is 0 Å². The number of likely N-dealkylation sites (tertiary alicyclic amines) is 1. The Morgan fingerprint density at radius 3 is 2.47 bits per heavy atom. The average molecular weight is 261 g/mol. The summed E-state index contributed by atoms with van der Waals surface area (Å²) in [6, 6.07) is 7.89. The third kappa shape index (κ3) is 4.50. The maximum Gasteiger partial charge on any atom is 0.328 e. The fraction of sp³-hybridized carbons (Fsp3) is 0.400. The lowest BCUT2D eigenvalue weighted by Crippen LogP contribution is -2.35. The lowest BCUT2D eigenvalue weighted by molar-refractivity contribution is -0.131. The van der Waals surface area contributed by atoms with E-state index in [2.05, 4.69) is 4.90 Å². The van der Waals surface area contributed by atoms with Crippen LogP contribution in [0, 0.1) is 0 Å². The first-order valence-corrected chi connectivity index (χ1v) is 6.54. The van der Waals surface area contributed by atoms with Gasteiger partial charge in [-0.15, -0.1) is 0 Å². The highest BCUT2D eigenvalue weighted by Gasteiger charge is 2.16. The summed E-state index contributed by atoms with van der Waals surface area (Å²) in [5.41, 5.74) is 2.10. The molecule has 0 atom stereocenters. The number of rotatable bonds is 4. The van der Waals surface area contributed by atoms with E-state index in [9.17, 15) is 9.90 Å². The number of benzene rings is 1. The molecule has 1 aliphatic heterocycles. The average Bonchev–Trinajstić information content (AvgIpc) is 2.40. The predicted molar refractivity (Wildman–Crippen MR) is 73.6 cm³/mol. The zero-order valence-electron chi connectivity index (χ0n) is 10.8. The quantitative estimate of drug-likeness (QED) is 0.810. The molecule has 0 saturated carbocycles. The minimum atomic E-state index is -0.934. The number of piperidine rings is 1. The molecule has 1 saturated heterocycles. The van der Waals surface area contributed by atoms with Crippen LogP contribution in [0.5, 0.6) is 0 Å². The summed E-state index contributed by atoms with van der Waals surface area (Å²) < 4.78 is 0. The molecule has 1 aromatic rings. The van der Waals surface area contributed by atoms with Crippen molar-refractivity contribution >= 4 is 12.0 Å². The minimum Gasteiger partial charge on any atom is -0.478 e. The van der Waals surface area contributed by atoms with Gasteiger partial charge < -0.3 is 10.2 Å². The van der Waals surface area contributed by atoms with Crippen LogP contribution in [-0.4, -0.2) is 40.3 Å². The summed E-state index contributed by atoms with van der Waals surface area (Å²) in [4.78, 5) is 12.7. The molecule has 0 unspecified atom stereocenters. The Balaban J connectivity index is 1.90. The van der Waals surface area contributed by atoms with Gasteiger partial charge in [0.25, 0.3) is 0 Å². The van der Waals surface area contributed by atoms with Crippen molar-refractivity contribution in [2.45, 2.75) is 25.5 Å². The molecule has 4 heteroatoms. The van der Waals surface area contributed by atoms with Crippen LogP contribution in [-0.2, 0) is 11.3 Å². The molecule has 19 heavy (non-hydrogen) atoms. The largest absolute Gasteiger partial charge is 0.478 e. The number of carboxylic acid groups (broad SMARTS) is 1. The van der Waals surface area contributed by atoms with Crippen LogP contribution in [0.4, 0.5) is 0 Å². The smallest absolute Gasteiger partial charge is 0.328 e. The van der Waals surface area contributed by atoms with Crippen molar-refractivity contribution < 1.29 is 15.0 Å². The van der Waals surface area contributed by atoms with Crippen LogP contribution < -0.4 is 0 Å². The Bertz CT molecular complexity index is 445. The second kappa shape index (κ2) is 6.50. The van der Waals surface area contributed by atoms with Gasteiger partial charge in [-0.3, -0.25) is 4.90 Å². The summed E-state index contributed by atoms with van der Waals surface area (Å²) in [5.74, 6) is -0.934. The highest BCUT2D eigenvalue weighted by Crippen LogP contribution is 2.14. The van der Waals surface area contributed by atoms with Crippen LogP contribution in [0.25, 0.3) is 6.08 Å². The minimum absolute atomic E-state index is 0.139. The number of nitrogens with zero attached hydrogens (tertiary/aromatic N) is 1. The van der Waals surface area contributed by atoms with E-state index in [0.29, 0.717) is 0 Å². The van der Waals surface area contributed by atoms with E-state index in [0.717, 1.165) is 44.1 Å². The maximum atomic E-state index is 10.4. The molecule has 0 aromatic heterocycles. The van der Waals surface area contributed by atoms with Gasteiger partial charge in [0.05, 0.1) is 6.10 Å². The van der Waals surface area contributed by atoms with Crippen molar-refractivity contribution in [3.63, 3.8) is 0 Å². The van der Waals surface area contributed by atoms with E-state index >= 15 is 0 Å². The van der Waals surface area contributed by atoms with E-state index in [4.69, 9.17) is 5.11 Å². The molecule has 0 amide bonds. The van der Waals surface area contributed by atoms with E-state index in [1.807, 2.05) is 24.3 Å². The Morgan fingerprint density at radius 1 is 1.26 bits per heavy atom. The number of aliphatic carboxylic acids is 1. The number of hydrogen-bond donors (Lipinski definition) is 2. The summed E-state index contributed by atoms with van der Waals surface area (Å²) in [7, 11) is 0. The molecular weight excluding hydrogens is 242 g/mol. The molecule has 1 aliphatic rings. The molecule has 1 heterocycles. The van der Waals surface area contributed by atoms with E-state index in [-0.39, 0.29) is 6.10 Å². The molecule has 0 radical (unpaired) electrons. The molecule has 0 aliphatic carbocycles. The van der Waals surface area contributed by atoms with Gasteiger partial charge in [0.15, 0.2) is 0 Å². The first kappa shape index (κ1) is 13.8. The predicted octanol–water partition coefficient (Wildman–Crippen LogP) is 1.74. The van der Waals surface area contributed by atoms with E-state index in [1.165, 1.54) is 5.56 Å². The van der Waals surface area contributed by atoms with Crippen LogP contribution in [0.15, 0.2) is 30.3 Å². The topological polar surface area (TPSA) is 60.8 Å². The first-order valence-electron chi connectivity index (χ1n) is 6.54. The Hall–Kier alpha value is -1.65. The van der Waals surface area contributed by atoms with E-state index in [1.54, 1.807) is 6.08 Å². The zero-order chi connectivity index (χ0) is 13.7. The Labute approximate surface area is 113 Å². The number of hydrogen-bond acceptors (Lipinski definition) is 3. The molecule has 1 fully saturated rings. The second-order valence-electron chi connectivity index (χ2n) is 4.92. The summed E-state index contributed by atoms with van der Waals surface area (Å²) in [5, 5.41) is 18.0. The summed E-state index contributed by atoms with van der Waals surface area (Å²) >= 11 is 0.